The summed E-state index contributed by atoms with van der Waals surface area (Å²) in [5.41, 5.74) is 1.39. The van der Waals surface area contributed by atoms with Crippen LogP contribution >= 0.6 is 11.3 Å². The van der Waals surface area contributed by atoms with Gasteiger partial charge >= 0.3 is 0 Å². The Morgan fingerprint density at radius 1 is 1.47 bits per heavy atom. The van der Waals surface area contributed by atoms with Crippen LogP contribution in [0.5, 0.6) is 5.75 Å². The molecule has 1 aliphatic carbocycles. The molecular formula is C14H16N2O2S. The second-order valence-electron chi connectivity index (χ2n) is 4.79. The van der Waals surface area contributed by atoms with Crippen LogP contribution in [0.25, 0.3) is 10.6 Å². The molecule has 0 radical (unpaired) electrons. The molecule has 0 aliphatic heterocycles. The van der Waals surface area contributed by atoms with Crippen molar-refractivity contribution >= 4 is 17.6 Å². The Hall–Kier alpha value is -1.62. The predicted molar refractivity (Wildman–Crippen MR) is 75.0 cm³/mol. The van der Waals surface area contributed by atoms with Gasteiger partial charge in [0.15, 0.2) is 6.29 Å². The molecule has 4 nitrogen and oxygen atoms in total. The molecule has 1 aliphatic rings. The molecule has 0 aromatic carbocycles. The van der Waals surface area contributed by atoms with Crippen LogP contribution in [-0.2, 0) is 0 Å². The van der Waals surface area contributed by atoms with E-state index in [4.69, 9.17) is 4.74 Å². The van der Waals surface area contributed by atoms with Crippen LogP contribution in [0.2, 0.25) is 0 Å². The summed E-state index contributed by atoms with van der Waals surface area (Å²) in [4.78, 5) is 12.2. The van der Waals surface area contributed by atoms with E-state index in [0.717, 1.165) is 35.4 Å². The summed E-state index contributed by atoms with van der Waals surface area (Å²) < 4.78 is 7.28. The lowest BCUT2D eigenvalue weighted by Crippen LogP contribution is -2.04. The fourth-order valence-corrected chi connectivity index (χ4v) is 3.52. The van der Waals surface area contributed by atoms with Crippen molar-refractivity contribution in [1.29, 1.82) is 0 Å². The molecule has 19 heavy (non-hydrogen) atoms. The number of nitrogens with zero attached hydrogens (tertiary/aromatic N) is 2. The van der Waals surface area contributed by atoms with Crippen molar-refractivity contribution in [3.05, 3.63) is 23.2 Å². The zero-order valence-electron chi connectivity index (χ0n) is 10.8. The van der Waals surface area contributed by atoms with Gasteiger partial charge in [-0.2, -0.15) is 5.10 Å². The average molecular weight is 276 g/mol. The number of methoxy groups -OCH3 is 1. The molecule has 0 saturated heterocycles. The molecular weight excluding hydrogens is 260 g/mol. The first-order valence-electron chi connectivity index (χ1n) is 6.49. The van der Waals surface area contributed by atoms with Gasteiger partial charge in [0.2, 0.25) is 0 Å². The van der Waals surface area contributed by atoms with E-state index < -0.39 is 0 Å². The number of hydrogen-bond acceptors (Lipinski definition) is 4. The third-order valence-electron chi connectivity index (χ3n) is 3.65. The molecule has 0 bridgehead atoms. The minimum Gasteiger partial charge on any atom is -0.495 e. The Kier molecular flexibility index (Phi) is 3.38. The van der Waals surface area contributed by atoms with Gasteiger partial charge in [0.1, 0.15) is 11.4 Å². The van der Waals surface area contributed by atoms with E-state index in [9.17, 15) is 4.79 Å². The monoisotopic (exact) mass is 276 g/mol. The first-order chi connectivity index (χ1) is 9.33. The number of ether oxygens (including phenoxy) is 1. The molecule has 3 rings (SSSR count). The lowest BCUT2D eigenvalue weighted by atomic mass is 10.2. The first-order valence-corrected chi connectivity index (χ1v) is 7.37. The second kappa shape index (κ2) is 5.17. The van der Waals surface area contributed by atoms with Crippen LogP contribution in [0, 0.1) is 0 Å². The molecule has 1 fully saturated rings. The van der Waals surface area contributed by atoms with Crippen LogP contribution in [0.4, 0.5) is 0 Å². The fourth-order valence-electron chi connectivity index (χ4n) is 2.66. The minimum absolute atomic E-state index is 0.443. The number of thiophene rings is 1. The first kappa shape index (κ1) is 12.4. The predicted octanol–water partition coefficient (Wildman–Crippen LogP) is 3.55. The minimum atomic E-state index is 0.443. The molecule has 0 amide bonds. The third-order valence-corrected chi connectivity index (χ3v) is 4.55. The average Bonchev–Trinajstić information content (AvgIpc) is 3.16. The Morgan fingerprint density at radius 2 is 2.26 bits per heavy atom. The van der Waals surface area contributed by atoms with E-state index in [0.29, 0.717) is 11.6 Å². The van der Waals surface area contributed by atoms with Crippen molar-refractivity contribution in [2.24, 2.45) is 0 Å². The summed E-state index contributed by atoms with van der Waals surface area (Å²) in [6.45, 7) is 0. The highest BCUT2D eigenvalue weighted by Crippen LogP contribution is 2.37. The molecule has 0 N–H and O–H groups in total. The van der Waals surface area contributed by atoms with Gasteiger partial charge in [-0.25, -0.2) is 0 Å². The lowest BCUT2D eigenvalue weighted by molar-refractivity contribution is 0.112. The molecule has 2 aromatic heterocycles. The van der Waals surface area contributed by atoms with Gasteiger partial charge in [-0.1, -0.05) is 12.8 Å². The van der Waals surface area contributed by atoms with E-state index >= 15 is 0 Å². The summed E-state index contributed by atoms with van der Waals surface area (Å²) in [6, 6.07) is 2.35. The zero-order valence-corrected chi connectivity index (χ0v) is 11.7. The van der Waals surface area contributed by atoms with Gasteiger partial charge in [-0.05, 0) is 24.3 Å². The molecule has 2 aromatic rings. The standard InChI is InChI=1S/C14H16N2O2S/c1-18-12-6-7-19-14(12)13-10(9-17)8-16(15-13)11-4-2-3-5-11/h6-9,11H,2-5H2,1H3. The van der Waals surface area contributed by atoms with Crippen LogP contribution in [0.3, 0.4) is 0 Å². The van der Waals surface area contributed by atoms with E-state index in [1.807, 2.05) is 22.3 Å². The Labute approximate surface area is 116 Å². The SMILES string of the molecule is COc1ccsc1-c1nn(C2CCCC2)cc1C=O. The van der Waals surface area contributed by atoms with Gasteiger partial charge in [0, 0.05) is 6.20 Å². The number of aldehydes is 1. The third kappa shape index (κ3) is 2.18. The van der Waals surface area contributed by atoms with E-state index in [1.54, 1.807) is 18.4 Å². The van der Waals surface area contributed by atoms with Crippen LogP contribution < -0.4 is 4.74 Å². The van der Waals surface area contributed by atoms with E-state index in [-0.39, 0.29) is 0 Å². The number of hydrogen-bond donors (Lipinski definition) is 0. The van der Waals surface area contributed by atoms with Gasteiger partial charge in [-0.3, -0.25) is 9.48 Å². The van der Waals surface area contributed by atoms with Crippen molar-refractivity contribution in [1.82, 2.24) is 9.78 Å². The molecule has 5 heteroatoms. The highest BCUT2D eigenvalue weighted by atomic mass is 32.1. The van der Waals surface area contributed by atoms with Crippen molar-refractivity contribution in [3.63, 3.8) is 0 Å². The largest absolute Gasteiger partial charge is 0.495 e. The van der Waals surface area contributed by atoms with Crippen molar-refractivity contribution in [2.75, 3.05) is 7.11 Å². The number of carbonyl (C=O) groups excluding carboxylic acids is 1. The summed E-state index contributed by atoms with van der Waals surface area (Å²) in [5, 5.41) is 6.59. The maximum absolute atomic E-state index is 11.3. The Bertz CT molecular complexity index is 582. The molecule has 0 unspecified atom stereocenters. The smallest absolute Gasteiger partial charge is 0.153 e. The summed E-state index contributed by atoms with van der Waals surface area (Å²) in [5.74, 6) is 0.782. The van der Waals surface area contributed by atoms with Gasteiger partial charge in [0.05, 0.1) is 23.6 Å². The normalized spacial score (nSPS) is 15.8. The van der Waals surface area contributed by atoms with Crippen LogP contribution in [-0.4, -0.2) is 23.2 Å². The van der Waals surface area contributed by atoms with E-state index in [2.05, 4.69) is 5.10 Å². The van der Waals surface area contributed by atoms with Gasteiger partial charge in [-0.15, -0.1) is 11.3 Å². The van der Waals surface area contributed by atoms with Crippen molar-refractivity contribution in [2.45, 2.75) is 31.7 Å². The van der Waals surface area contributed by atoms with Crippen LogP contribution in [0.15, 0.2) is 17.6 Å². The summed E-state index contributed by atoms with van der Waals surface area (Å²) in [6.07, 6.45) is 7.56. The van der Waals surface area contributed by atoms with Crippen LogP contribution in [0.1, 0.15) is 42.1 Å². The maximum Gasteiger partial charge on any atom is 0.153 e. The van der Waals surface area contributed by atoms with Crippen molar-refractivity contribution in [3.8, 4) is 16.3 Å². The Balaban J connectivity index is 2.02. The number of carbonyl (C=O) groups is 1. The molecule has 0 spiro atoms. The Morgan fingerprint density at radius 3 is 2.95 bits per heavy atom. The zero-order chi connectivity index (χ0) is 13.2. The summed E-state index contributed by atoms with van der Waals surface area (Å²) >= 11 is 1.55. The lowest BCUT2D eigenvalue weighted by Gasteiger charge is -2.08. The number of rotatable bonds is 4. The van der Waals surface area contributed by atoms with Gasteiger partial charge < -0.3 is 4.74 Å². The highest BCUT2D eigenvalue weighted by Gasteiger charge is 2.22. The van der Waals surface area contributed by atoms with E-state index in [1.165, 1.54) is 12.8 Å². The maximum atomic E-state index is 11.3. The second-order valence-corrected chi connectivity index (χ2v) is 5.70. The quantitative estimate of drug-likeness (QED) is 0.802. The molecule has 0 atom stereocenters. The van der Waals surface area contributed by atoms with Crippen molar-refractivity contribution < 1.29 is 9.53 Å². The fraction of sp³-hybridized carbons (Fsp3) is 0.429. The molecule has 100 valence electrons. The number of aromatic nitrogens is 2. The molecule has 2 heterocycles. The topological polar surface area (TPSA) is 44.1 Å². The molecule has 1 saturated carbocycles. The highest BCUT2D eigenvalue weighted by molar-refractivity contribution is 7.14. The van der Waals surface area contributed by atoms with Gasteiger partial charge in [0.25, 0.3) is 0 Å². The summed E-state index contributed by atoms with van der Waals surface area (Å²) in [7, 11) is 1.64.